The molecule has 0 fully saturated rings. The van der Waals surface area contributed by atoms with Gasteiger partial charge in [0.05, 0.1) is 11.3 Å². The molecule has 0 unspecified atom stereocenters. The Hall–Kier alpha value is -2.82. The fourth-order valence-corrected chi connectivity index (χ4v) is 2.62. The zero-order chi connectivity index (χ0) is 17.4. The smallest absolute Gasteiger partial charge is 0.336 e. The minimum absolute atomic E-state index is 0.0532. The first-order valence-electron chi connectivity index (χ1n) is 7.50. The topological polar surface area (TPSA) is 50.2 Å². The molecule has 3 nitrogen and oxygen atoms in total. The lowest BCUT2D eigenvalue weighted by molar-refractivity contribution is 0.0699. The number of hydrogen-bond acceptors (Lipinski definition) is 2. The first-order valence-corrected chi connectivity index (χ1v) is 7.50. The maximum absolute atomic E-state index is 14.1. The molecule has 0 amide bonds. The van der Waals surface area contributed by atoms with Gasteiger partial charge in [-0.3, -0.25) is 0 Å². The van der Waals surface area contributed by atoms with Crippen LogP contribution in [0, 0.1) is 11.6 Å². The minimum atomic E-state index is -1.26. The molecule has 0 saturated carbocycles. The number of benzene rings is 2. The van der Waals surface area contributed by atoms with Crippen LogP contribution >= 0.6 is 0 Å². The van der Waals surface area contributed by atoms with Crippen molar-refractivity contribution < 1.29 is 18.7 Å². The summed E-state index contributed by atoms with van der Waals surface area (Å²) in [7, 11) is 0. The van der Waals surface area contributed by atoms with E-state index < -0.39 is 17.6 Å². The zero-order valence-electron chi connectivity index (χ0n) is 13.2. The lowest BCUT2D eigenvalue weighted by atomic mass is 9.99. The monoisotopic (exact) mass is 327 g/mol. The van der Waals surface area contributed by atoms with Crippen LogP contribution in [0.3, 0.4) is 0 Å². The van der Waals surface area contributed by atoms with Crippen LogP contribution in [0.2, 0.25) is 0 Å². The second-order valence-corrected chi connectivity index (χ2v) is 5.92. The Morgan fingerprint density at radius 1 is 1.08 bits per heavy atom. The standard InChI is InChI=1S/C19H15F2NO2/c1-10(2)11-3-5-12(6-4-11)17-9-15(19(23)24)14-7-13(20)8-16(21)18(14)22-17/h3-10H,1-2H3,(H,23,24). The second kappa shape index (κ2) is 6.00. The molecular weight excluding hydrogens is 312 g/mol. The van der Waals surface area contributed by atoms with Crippen LogP contribution in [0.4, 0.5) is 8.78 Å². The van der Waals surface area contributed by atoms with Gasteiger partial charge in [-0.1, -0.05) is 38.1 Å². The highest BCUT2D eigenvalue weighted by molar-refractivity contribution is 6.03. The van der Waals surface area contributed by atoms with Gasteiger partial charge < -0.3 is 5.11 Å². The van der Waals surface area contributed by atoms with E-state index in [1.54, 1.807) is 0 Å². The normalized spacial score (nSPS) is 11.2. The fraction of sp³-hybridized carbons (Fsp3) is 0.158. The first kappa shape index (κ1) is 16.1. The summed E-state index contributed by atoms with van der Waals surface area (Å²) in [5.74, 6) is -2.61. The summed E-state index contributed by atoms with van der Waals surface area (Å²) in [4.78, 5) is 15.7. The summed E-state index contributed by atoms with van der Waals surface area (Å²) in [5.41, 5.74) is 1.81. The van der Waals surface area contributed by atoms with Gasteiger partial charge in [0, 0.05) is 17.0 Å². The Bertz CT molecular complexity index is 934. The van der Waals surface area contributed by atoms with Crippen molar-refractivity contribution in [1.82, 2.24) is 4.98 Å². The molecule has 1 heterocycles. The molecule has 0 radical (unpaired) electrons. The molecule has 1 N–H and O–H groups in total. The van der Waals surface area contributed by atoms with E-state index in [9.17, 15) is 18.7 Å². The van der Waals surface area contributed by atoms with Crippen molar-refractivity contribution in [2.45, 2.75) is 19.8 Å². The predicted octanol–water partition coefficient (Wildman–Crippen LogP) is 5.00. The van der Waals surface area contributed by atoms with Crippen molar-refractivity contribution in [2.75, 3.05) is 0 Å². The third kappa shape index (κ3) is 2.85. The van der Waals surface area contributed by atoms with Gasteiger partial charge in [0.15, 0.2) is 5.82 Å². The quantitative estimate of drug-likeness (QED) is 0.736. The van der Waals surface area contributed by atoms with E-state index in [2.05, 4.69) is 18.8 Å². The van der Waals surface area contributed by atoms with Crippen LogP contribution in [-0.4, -0.2) is 16.1 Å². The molecule has 0 bridgehead atoms. The Balaban J connectivity index is 2.24. The van der Waals surface area contributed by atoms with Crippen LogP contribution in [0.25, 0.3) is 22.2 Å². The second-order valence-electron chi connectivity index (χ2n) is 5.92. The predicted molar refractivity (Wildman–Crippen MR) is 88.1 cm³/mol. The molecule has 1 aromatic heterocycles. The zero-order valence-corrected chi connectivity index (χ0v) is 13.2. The van der Waals surface area contributed by atoms with Gasteiger partial charge in [-0.25, -0.2) is 18.6 Å². The molecule has 3 rings (SSSR count). The Labute approximate surface area is 137 Å². The largest absolute Gasteiger partial charge is 0.478 e. The number of carboxylic acids is 1. The van der Waals surface area contributed by atoms with Crippen LogP contribution in [-0.2, 0) is 0 Å². The molecule has 0 aliphatic rings. The Kier molecular flexibility index (Phi) is 4.01. The van der Waals surface area contributed by atoms with Gasteiger partial charge in [0.25, 0.3) is 0 Å². The number of carbonyl (C=O) groups is 1. The summed E-state index contributed by atoms with van der Waals surface area (Å²) in [5, 5.41) is 9.33. The number of pyridine rings is 1. The molecular formula is C19H15F2NO2. The SMILES string of the molecule is CC(C)c1ccc(-c2cc(C(=O)O)c3cc(F)cc(F)c3n2)cc1. The lowest BCUT2D eigenvalue weighted by Gasteiger charge is -2.10. The van der Waals surface area contributed by atoms with Gasteiger partial charge in [-0.15, -0.1) is 0 Å². The third-order valence-corrected chi connectivity index (χ3v) is 3.94. The van der Waals surface area contributed by atoms with E-state index in [1.165, 1.54) is 6.07 Å². The summed E-state index contributed by atoms with van der Waals surface area (Å²) < 4.78 is 27.5. The van der Waals surface area contributed by atoms with Crippen LogP contribution < -0.4 is 0 Å². The van der Waals surface area contributed by atoms with Gasteiger partial charge in [0.1, 0.15) is 11.3 Å². The van der Waals surface area contributed by atoms with Crippen LogP contribution in [0.15, 0.2) is 42.5 Å². The number of carboxylic acid groups (broad SMARTS) is 1. The van der Waals surface area contributed by atoms with E-state index in [0.717, 1.165) is 11.6 Å². The number of aromatic carboxylic acids is 1. The van der Waals surface area contributed by atoms with Gasteiger partial charge in [-0.2, -0.15) is 0 Å². The number of aromatic nitrogens is 1. The van der Waals surface area contributed by atoms with Crippen LogP contribution in [0.1, 0.15) is 35.7 Å². The molecule has 0 saturated heterocycles. The molecule has 122 valence electrons. The Morgan fingerprint density at radius 3 is 2.33 bits per heavy atom. The van der Waals surface area contributed by atoms with Crippen molar-refractivity contribution in [2.24, 2.45) is 0 Å². The van der Waals surface area contributed by atoms with E-state index >= 15 is 0 Å². The van der Waals surface area contributed by atoms with Crippen molar-refractivity contribution in [3.63, 3.8) is 0 Å². The molecule has 3 aromatic rings. The number of halogens is 2. The summed E-state index contributed by atoms with van der Waals surface area (Å²) in [6, 6.07) is 10.5. The molecule has 24 heavy (non-hydrogen) atoms. The van der Waals surface area contributed by atoms with Crippen molar-refractivity contribution in [3.8, 4) is 11.3 Å². The third-order valence-electron chi connectivity index (χ3n) is 3.94. The van der Waals surface area contributed by atoms with Crippen molar-refractivity contribution in [1.29, 1.82) is 0 Å². The summed E-state index contributed by atoms with van der Waals surface area (Å²) >= 11 is 0. The van der Waals surface area contributed by atoms with E-state index in [1.807, 2.05) is 24.3 Å². The Morgan fingerprint density at radius 2 is 1.75 bits per heavy atom. The number of fused-ring (bicyclic) bond motifs is 1. The maximum atomic E-state index is 14.1. The molecule has 0 aliphatic carbocycles. The number of nitrogens with zero attached hydrogens (tertiary/aromatic N) is 1. The van der Waals surface area contributed by atoms with E-state index in [4.69, 9.17) is 0 Å². The van der Waals surface area contributed by atoms with Gasteiger partial charge >= 0.3 is 5.97 Å². The average molecular weight is 327 g/mol. The molecule has 2 aromatic carbocycles. The van der Waals surface area contributed by atoms with E-state index in [0.29, 0.717) is 23.2 Å². The average Bonchev–Trinajstić information content (AvgIpc) is 2.54. The minimum Gasteiger partial charge on any atom is -0.478 e. The number of rotatable bonds is 3. The van der Waals surface area contributed by atoms with Gasteiger partial charge in [-0.05, 0) is 23.6 Å². The first-order chi connectivity index (χ1) is 11.4. The summed E-state index contributed by atoms with van der Waals surface area (Å²) in [6.07, 6.45) is 0. The molecule has 0 aliphatic heterocycles. The van der Waals surface area contributed by atoms with Crippen LogP contribution in [0.5, 0.6) is 0 Å². The highest BCUT2D eigenvalue weighted by Crippen LogP contribution is 2.28. The number of hydrogen-bond donors (Lipinski definition) is 1. The highest BCUT2D eigenvalue weighted by Gasteiger charge is 2.17. The van der Waals surface area contributed by atoms with Crippen molar-refractivity contribution >= 4 is 16.9 Å². The fourth-order valence-electron chi connectivity index (χ4n) is 2.62. The molecule has 0 spiro atoms. The molecule has 0 atom stereocenters. The van der Waals surface area contributed by atoms with Crippen molar-refractivity contribution in [3.05, 3.63) is 65.2 Å². The lowest BCUT2D eigenvalue weighted by Crippen LogP contribution is -2.02. The van der Waals surface area contributed by atoms with E-state index in [-0.39, 0.29) is 16.5 Å². The summed E-state index contributed by atoms with van der Waals surface area (Å²) in [6.45, 7) is 4.13. The highest BCUT2D eigenvalue weighted by atomic mass is 19.1. The van der Waals surface area contributed by atoms with Gasteiger partial charge in [0.2, 0.25) is 0 Å². The maximum Gasteiger partial charge on any atom is 0.336 e. The molecule has 5 heteroatoms.